The summed E-state index contributed by atoms with van der Waals surface area (Å²) in [5, 5.41) is 13.5. The van der Waals surface area contributed by atoms with E-state index in [-0.39, 0.29) is 18.0 Å². The summed E-state index contributed by atoms with van der Waals surface area (Å²) >= 11 is 0. The van der Waals surface area contributed by atoms with Crippen LogP contribution in [0.2, 0.25) is 0 Å². The molecular weight excluding hydrogens is 304 g/mol. The normalized spacial score (nSPS) is 31.1. The highest BCUT2D eigenvalue weighted by Crippen LogP contribution is 2.32. The monoisotopic (exact) mass is 330 g/mol. The van der Waals surface area contributed by atoms with Crippen LogP contribution in [0, 0.1) is 0 Å². The third-order valence-electron chi connectivity index (χ3n) is 5.76. The van der Waals surface area contributed by atoms with Crippen molar-refractivity contribution < 1.29 is 14.6 Å². The molecule has 1 aromatic carbocycles. The number of benzene rings is 1. The fraction of sp³-hybridized carbons (Fsp3) is 0.632. The summed E-state index contributed by atoms with van der Waals surface area (Å²) < 4.78 is 5.46. The summed E-state index contributed by atoms with van der Waals surface area (Å²) in [4.78, 5) is 15.3. The maximum absolute atomic E-state index is 12.9. The Kier molecular flexibility index (Phi) is 4.57. The van der Waals surface area contributed by atoms with Crippen LogP contribution in [0.4, 0.5) is 0 Å². The minimum Gasteiger partial charge on any atom is -0.390 e. The van der Waals surface area contributed by atoms with Crippen molar-refractivity contribution in [2.75, 3.05) is 19.8 Å². The van der Waals surface area contributed by atoms with E-state index in [0.29, 0.717) is 12.5 Å². The van der Waals surface area contributed by atoms with Crippen LogP contribution in [0.1, 0.15) is 42.9 Å². The lowest BCUT2D eigenvalue weighted by Gasteiger charge is -2.35. The first kappa shape index (κ1) is 16.1. The predicted molar refractivity (Wildman–Crippen MR) is 90.6 cm³/mol. The maximum Gasteiger partial charge on any atom is 0.237 e. The molecular formula is C19H26N2O3. The van der Waals surface area contributed by atoms with E-state index < -0.39 is 6.10 Å². The average Bonchev–Trinajstić information content (AvgIpc) is 3.21. The lowest BCUT2D eigenvalue weighted by atomic mass is 10.0. The number of nitrogens with zero attached hydrogens (tertiary/aromatic N) is 1. The Hall–Kier alpha value is -1.43. The molecule has 3 atom stereocenters. The SMILES string of the molecule is O=C(N[C@@H]1c2ccccc2C[C@@H]1O)[C@H]1CCCN1C1CCOCC1. The molecule has 2 saturated heterocycles. The number of amides is 1. The Morgan fingerprint density at radius 3 is 2.83 bits per heavy atom. The maximum atomic E-state index is 12.9. The fourth-order valence-electron chi connectivity index (χ4n) is 4.52. The summed E-state index contributed by atoms with van der Waals surface area (Å²) in [6.07, 6.45) is 4.10. The molecule has 1 amide bonds. The molecule has 0 aromatic heterocycles. The number of fused-ring (bicyclic) bond motifs is 1. The standard InChI is InChI=1S/C19H26N2O3/c22-17-12-13-4-1-2-5-15(13)18(17)20-19(23)16-6-3-9-21(16)14-7-10-24-11-8-14/h1-2,4-5,14,16-18,22H,3,6-12H2,(H,20,23)/t16-,17+,18-/m1/s1. The number of nitrogens with one attached hydrogen (secondary N) is 1. The largest absolute Gasteiger partial charge is 0.390 e. The molecule has 1 aromatic rings. The van der Waals surface area contributed by atoms with Gasteiger partial charge in [0.1, 0.15) is 0 Å². The summed E-state index contributed by atoms with van der Waals surface area (Å²) in [5.74, 6) is 0.0692. The van der Waals surface area contributed by atoms with E-state index in [1.807, 2.05) is 24.3 Å². The molecule has 0 bridgehead atoms. The van der Waals surface area contributed by atoms with Gasteiger partial charge in [-0.15, -0.1) is 0 Å². The number of likely N-dealkylation sites (tertiary alicyclic amines) is 1. The third-order valence-corrected chi connectivity index (χ3v) is 5.76. The van der Waals surface area contributed by atoms with Gasteiger partial charge in [0.2, 0.25) is 5.91 Å². The van der Waals surface area contributed by atoms with Gasteiger partial charge < -0.3 is 15.2 Å². The Labute approximate surface area is 143 Å². The number of hydrogen-bond acceptors (Lipinski definition) is 4. The molecule has 2 heterocycles. The van der Waals surface area contributed by atoms with Crippen LogP contribution >= 0.6 is 0 Å². The molecule has 1 aliphatic carbocycles. The molecule has 0 spiro atoms. The van der Waals surface area contributed by atoms with Gasteiger partial charge in [0.15, 0.2) is 0 Å². The number of hydrogen-bond donors (Lipinski definition) is 2. The fourth-order valence-corrected chi connectivity index (χ4v) is 4.52. The van der Waals surface area contributed by atoms with Crippen LogP contribution in [0.15, 0.2) is 24.3 Å². The van der Waals surface area contributed by atoms with Gasteiger partial charge in [-0.25, -0.2) is 0 Å². The average molecular weight is 330 g/mol. The summed E-state index contributed by atoms with van der Waals surface area (Å²) in [6, 6.07) is 8.13. The van der Waals surface area contributed by atoms with Gasteiger partial charge in [-0.3, -0.25) is 9.69 Å². The molecule has 0 unspecified atom stereocenters. The molecule has 5 nitrogen and oxygen atoms in total. The number of aliphatic hydroxyl groups is 1. The zero-order chi connectivity index (χ0) is 16.5. The number of ether oxygens (including phenoxy) is 1. The van der Waals surface area contributed by atoms with Crippen LogP contribution in [0.25, 0.3) is 0 Å². The van der Waals surface area contributed by atoms with Crippen molar-refractivity contribution in [1.29, 1.82) is 0 Å². The first-order valence-electron chi connectivity index (χ1n) is 9.14. The topological polar surface area (TPSA) is 61.8 Å². The van der Waals surface area contributed by atoms with E-state index in [4.69, 9.17) is 4.74 Å². The van der Waals surface area contributed by atoms with Gasteiger partial charge in [-0.2, -0.15) is 0 Å². The highest BCUT2D eigenvalue weighted by molar-refractivity contribution is 5.82. The van der Waals surface area contributed by atoms with Crippen LogP contribution in [0.5, 0.6) is 0 Å². The van der Waals surface area contributed by atoms with Gasteiger partial charge in [-0.05, 0) is 43.4 Å². The quantitative estimate of drug-likeness (QED) is 0.880. The molecule has 0 saturated carbocycles. The molecule has 5 heteroatoms. The van der Waals surface area contributed by atoms with Crippen molar-refractivity contribution in [3.05, 3.63) is 35.4 Å². The zero-order valence-corrected chi connectivity index (χ0v) is 14.0. The molecule has 2 aliphatic heterocycles. The Balaban J connectivity index is 1.45. The summed E-state index contributed by atoms with van der Waals surface area (Å²) in [7, 11) is 0. The van der Waals surface area contributed by atoms with Gasteiger partial charge in [-0.1, -0.05) is 24.3 Å². The van der Waals surface area contributed by atoms with Crippen molar-refractivity contribution >= 4 is 5.91 Å². The van der Waals surface area contributed by atoms with E-state index in [9.17, 15) is 9.90 Å². The van der Waals surface area contributed by atoms with Crippen LogP contribution in [-0.4, -0.2) is 53.9 Å². The van der Waals surface area contributed by atoms with Crippen molar-refractivity contribution in [2.24, 2.45) is 0 Å². The first-order valence-corrected chi connectivity index (χ1v) is 9.14. The molecule has 4 rings (SSSR count). The highest BCUT2D eigenvalue weighted by atomic mass is 16.5. The molecule has 2 N–H and O–H groups in total. The predicted octanol–water partition coefficient (Wildman–Crippen LogP) is 1.40. The smallest absolute Gasteiger partial charge is 0.237 e. The number of carbonyl (C=O) groups is 1. The van der Waals surface area contributed by atoms with Crippen molar-refractivity contribution in [3.8, 4) is 0 Å². The second kappa shape index (κ2) is 6.82. The third kappa shape index (κ3) is 2.96. The molecule has 130 valence electrons. The molecule has 3 aliphatic rings. The van der Waals surface area contributed by atoms with Crippen molar-refractivity contribution in [1.82, 2.24) is 10.2 Å². The lowest BCUT2D eigenvalue weighted by Crippen LogP contribution is -2.50. The van der Waals surface area contributed by atoms with E-state index in [1.54, 1.807) is 0 Å². The number of rotatable bonds is 3. The van der Waals surface area contributed by atoms with E-state index >= 15 is 0 Å². The lowest BCUT2D eigenvalue weighted by molar-refractivity contribution is -0.128. The van der Waals surface area contributed by atoms with E-state index in [1.165, 1.54) is 0 Å². The number of carbonyl (C=O) groups excluding carboxylic acids is 1. The van der Waals surface area contributed by atoms with Gasteiger partial charge in [0.25, 0.3) is 0 Å². The summed E-state index contributed by atoms with van der Waals surface area (Å²) in [6.45, 7) is 2.58. The zero-order valence-electron chi connectivity index (χ0n) is 14.0. The highest BCUT2D eigenvalue weighted by Gasteiger charge is 2.39. The minimum absolute atomic E-state index is 0.0620. The van der Waals surface area contributed by atoms with Crippen LogP contribution < -0.4 is 5.32 Å². The molecule has 2 fully saturated rings. The van der Waals surface area contributed by atoms with E-state index in [0.717, 1.165) is 56.6 Å². The van der Waals surface area contributed by atoms with Gasteiger partial charge in [0.05, 0.1) is 18.2 Å². The first-order chi connectivity index (χ1) is 11.7. The van der Waals surface area contributed by atoms with Gasteiger partial charge >= 0.3 is 0 Å². The second-order valence-electron chi connectivity index (χ2n) is 7.20. The van der Waals surface area contributed by atoms with E-state index in [2.05, 4.69) is 10.2 Å². The van der Waals surface area contributed by atoms with Crippen LogP contribution in [-0.2, 0) is 16.0 Å². The van der Waals surface area contributed by atoms with Crippen LogP contribution in [0.3, 0.4) is 0 Å². The number of aliphatic hydroxyl groups excluding tert-OH is 1. The van der Waals surface area contributed by atoms with Gasteiger partial charge in [0, 0.05) is 25.7 Å². The summed E-state index contributed by atoms with van der Waals surface area (Å²) in [5.41, 5.74) is 2.21. The molecule has 24 heavy (non-hydrogen) atoms. The van der Waals surface area contributed by atoms with Crippen molar-refractivity contribution in [2.45, 2.75) is 56.3 Å². The molecule has 0 radical (unpaired) electrons. The minimum atomic E-state index is -0.524. The Morgan fingerprint density at radius 2 is 2.00 bits per heavy atom. The second-order valence-corrected chi connectivity index (χ2v) is 7.20. The Morgan fingerprint density at radius 1 is 1.21 bits per heavy atom. The van der Waals surface area contributed by atoms with Crippen molar-refractivity contribution in [3.63, 3.8) is 0 Å². The Bertz CT molecular complexity index is 600.